The molecule has 0 aromatic carbocycles. The smallest absolute Gasteiger partial charge is 0.407 e. The molecule has 0 radical (unpaired) electrons. The van der Waals surface area contributed by atoms with Crippen molar-refractivity contribution in [3.05, 3.63) is 0 Å². The van der Waals surface area contributed by atoms with Gasteiger partial charge in [0.05, 0.1) is 0 Å². The molecular formula is C11H22ClNO2. The predicted octanol–water partition coefficient (Wildman–Crippen LogP) is 3.17. The molecule has 0 bridgehead atoms. The lowest BCUT2D eigenvalue weighted by molar-refractivity contribution is 0.0526. The number of amides is 1. The summed E-state index contributed by atoms with van der Waals surface area (Å²) in [5.41, 5.74) is -0.423. The SMILES string of the molecule is CC(CCl)CCCNC(=O)OC(C)(C)C. The molecule has 1 amide bonds. The van der Waals surface area contributed by atoms with Crippen LogP contribution in [0.15, 0.2) is 0 Å². The summed E-state index contributed by atoms with van der Waals surface area (Å²) in [6.45, 7) is 8.29. The van der Waals surface area contributed by atoms with E-state index in [-0.39, 0.29) is 6.09 Å². The zero-order valence-corrected chi connectivity index (χ0v) is 10.9. The van der Waals surface area contributed by atoms with Crippen molar-refractivity contribution in [2.75, 3.05) is 12.4 Å². The number of nitrogens with one attached hydrogen (secondary N) is 1. The molecule has 1 atom stereocenters. The van der Waals surface area contributed by atoms with E-state index in [1.165, 1.54) is 0 Å². The molecule has 0 saturated carbocycles. The average Bonchev–Trinajstić information content (AvgIpc) is 2.09. The standard InChI is InChI=1S/C11H22ClNO2/c1-9(8-12)6-5-7-13-10(14)15-11(2,3)4/h9H,5-8H2,1-4H3,(H,13,14). The second-order valence-electron chi connectivity index (χ2n) is 4.83. The van der Waals surface area contributed by atoms with Crippen LogP contribution in [0.2, 0.25) is 0 Å². The molecule has 0 spiro atoms. The Hall–Kier alpha value is -0.440. The van der Waals surface area contributed by atoms with Gasteiger partial charge in [-0.25, -0.2) is 4.79 Å². The van der Waals surface area contributed by atoms with Gasteiger partial charge in [-0.2, -0.15) is 0 Å². The summed E-state index contributed by atoms with van der Waals surface area (Å²) < 4.78 is 5.09. The highest BCUT2D eigenvalue weighted by Crippen LogP contribution is 2.08. The van der Waals surface area contributed by atoms with Crippen molar-refractivity contribution in [2.24, 2.45) is 5.92 Å². The molecule has 0 aliphatic carbocycles. The molecule has 0 rings (SSSR count). The summed E-state index contributed by atoms with van der Waals surface area (Å²) in [6, 6.07) is 0. The van der Waals surface area contributed by atoms with Crippen molar-refractivity contribution in [3.8, 4) is 0 Å². The first kappa shape index (κ1) is 14.6. The summed E-state index contributed by atoms with van der Waals surface area (Å²) in [4.78, 5) is 11.2. The van der Waals surface area contributed by atoms with Crippen LogP contribution in [0.5, 0.6) is 0 Å². The molecule has 15 heavy (non-hydrogen) atoms. The van der Waals surface area contributed by atoms with Gasteiger partial charge in [0.25, 0.3) is 0 Å². The zero-order valence-electron chi connectivity index (χ0n) is 10.1. The van der Waals surface area contributed by atoms with Gasteiger partial charge in [-0.1, -0.05) is 6.92 Å². The number of halogens is 1. The summed E-state index contributed by atoms with van der Waals surface area (Å²) in [6.07, 6.45) is 1.62. The van der Waals surface area contributed by atoms with Crippen molar-refractivity contribution in [1.82, 2.24) is 5.32 Å². The van der Waals surface area contributed by atoms with Crippen molar-refractivity contribution >= 4 is 17.7 Å². The third-order valence-electron chi connectivity index (χ3n) is 1.81. The average molecular weight is 236 g/mol. The van der Waals surface area contributed by atoms with Crippen molar-refractivity contribution in [1.29, 1.82) is 0 Å². The van der Waals surface area contributed by atoms with E-state index in [0.29, 0.717) is 18.3 Å². The quantitative estimate of drug-likeness (QED) is 0.587. The van der Waals surface area contributed by atoms with Crippen LogP contribution >= 0.6 is 11.6 Å². The van der Waals surface area contributed by atoms with Crippen molar-refractivity contribution in [3.63, 3.8) is 0 Å². The highest BCUT2D eigenvalue weighted by Gasteiger charge is 2.15. The highest BCUT2D eigenvalue weighted by atomic mass is 35.5. The van der Waals surface area contributed by atoms with Crippen molar-refractivity contribution < 1.29 is 9.53 Å². The number of alkyl halides is 1. The third kappa shape index (κ3) is 9.85. The van der Waals surface area contributed by atoms with Crippen LogP contribution < -0.4 is 5.32 Å². The summed E-state index contributed by atoms with van der Waals surface area (Å²) in [5.74, 6) is 1.18. The Bertz CT molecular complexity index is 190. The van der Waals surface area contributed by atoms with Crippen LogP contribution in [0.25, 0.3) is 0 Å². The molecular weight excluding hydrogens is 214 g/mol. The molecule has 3 nitrogen and oxygen atoms in total. The van der Waals surface area contributed by atoms with Gasteiger partial charge in [0.1, 0.15) is 5.60 Å². The van der Waals surface area contributed by atoms with Crippen LogP contribution in [0, 0.1) is 5.92 Å². The van der Waals surface area contributed by atoms with E-state index >= 15 is 0 Å². The van der Waals surface area contributed by atoms with Crippen LogP contribution in [0.4, 0.5) is 4.79 Å². The number of alkyl carbamates (subject to hydrolysis) is 1. The fraction of sp³-hybridized carbons (Fsp3) is 0.909. The fourth-order valence-corrected chi connectivity index (χ4v) is 1.19. The maximum absolute atomic E-state index is 11.2. The number of ether oxygens (including phenoxy) is 1. The van der Waals surface area contributed by atoms with E-state index in [1.54, 1.807) is 0 Å². The first-order valence-electron chi connectivity index (χ1n) is 5.38. The van der Waals surface area contributed by atoms with Crippen LogP contribution in [-0.2, 0) is 4.74 Å². The Balaban J connectivity index is 3.48. The topological polar surface area (TPSA) is 38.3 Å². The third-order valence-corrected chi connectivity index (χ3v) is 2.33. The Morgan fingerprint density at radius 1 is 1.47 bits per heavy atom. The lowest BCUT2D eigenvalue weighted by Gasteiger charge is -2.19. The molecule has 90 valence electrons. The molecule has 1 N–H and O–H groups in total. The minimum atomic E-state index is -0.423. The van der Waals surface area contributed by atoms with E-state index in [4.69, 9.17) is 16.3 Å². The van der Waals surface area contributed by atoms with Gasteiger partial charge in [-0.05, 0) is 39.5 Å². The largest absolute Gasteiger partial charge is 0.444 e. The number of hydrogen-bond acceptors (Lipinski definition) is 2. The number of rotatable bonds is 5. The summed E-state index contributed by atoms with van der Waals surface area (Å²) in [7, 11) is 0. The Morgan fingerprint density at radius 3 is 2.53 bits per heavy atom. The van der Waals surface area contributed by atoms with Gasteiger partial charge in [-0.3, -0.25) is 0 Å². The van der Waals surface area contributed by atoms with Gasteiger partial charge >= 0.3 is 6.09 Å². The highest BCUT2D eigenvalue weighted by molar-refractivity contribution is 6.18. The minimum absolute atomic E-state index is 0.346. The molecule has 0 aliphatic rings. The Kier molecular flexibility index (Phi) is 6.73. The van der Waals surface area contributed by atoms with Gasteiger partial charge in [0.2, 0.25) is 0 Å². The minimum Gasteiger partial charge on any atom is -0.444 e. The first-order chi connectivity index (χ1) is 6.85. The van der Waals surface area contributed by atoms with Crippen LogP contribution in [-0.4, -0.2) is 24.1 Å². The molecule has 4 heteroatoms. The monoisotopic (exact) mass is 235 g/mol. The summed E-state index contributed by atoms with van der Waals surface area (Å²) in [5, 5.41) is 2.71. The van der Waals surface area contributed by atoms with Crippen molar-refractivity contribution in [2.45, 2.75) is 46.1 Å². The molecule has 0 aliphatic heterocycles. The van der Waals surface area contributed by atoms with Gasteiger partial charge in [0, 0.05) is 12.4 Å². The lowest BCUT2D eigenvalue weighted by Crippen LogP contribution is -2.33. The zero-order chi connectivity index (χ0) is 11.9. The maximum Gasteiger partial charge on any atom is 0.407 e. The second kappa shape index (κ2) is 6.94. The maximum atomic E-state index is 11.2. The van der Waals surface area contributed by atoms with Gasteiger partial charge in [0.15, 0.2) is 0 Å². The summed E-state index contributed by atoms with van der Waals surface area (Å²) >= 11 is 5.67. The Labute approximate surface area is 97.5 Å². The first-order valence-corrected chi connectivity index (χ1v) is 5.91. The Morgan fingerprint density at radius 2 is 2.07 bits per heavy atom. The van der Waals surface area contributed by atoms with Crippen LogP contribution in [0.1, 0.15) is 40.5 Å². The van der Waals surface area contributed by atoms with E-state index < -0.39 is 5.60 Å². The van der Waals surface area contributed by atoms with Gasteiger partial charge < -0.3 is 10.1 Å². The normalized spacial score (nSPS) is 13.4. The molecule has 0 saturated heterocycles. The number of carbonyl (C=O) groups is 1. The lowest BCUT2D eigenvalue weighted by atomic mass is 10.1. The second-order valence-corrected chi connectivity index (χ2v) is 5.14. The molecule has 0 heterocycles. The molecule has 0 fully saturated rings. The number of carbonyl (C=O) groups excluding carboxylic acids is 1. The van der Waals surface area contributed by atoms with Crippen LogP contribution in [0.3, 0.4) is 0 Å². The van der Waals surface area contributed by atoms with E-state index in [9.17, 15) is 4.79 Å². The fourth-order valence-electron chi connectivity index (χ4n) is 1.03. The molecule has 1 unspecified atom stereocenters. The molecule has 0 aromatic heterocycles. The predicted molar refractivity (Wildman–Crippen MR) is 63.4 cm³/mol. The van der Waals surface area contributed by atoms with E-state index in [0.717, 1.165) is 12.8 Å². The van der Waals surface area contributed by atoms with Gasteiger partial charge in [-0.15, -0.1) is 11.6 Å². The van der Waals surface area contributed by atoms with E-state index in [2.05, 4.69) is 12.2 Å². The van der Waals surface area contributed by atoms with E-state index in [1.807, 2.05) is 20.8 Å². The molecule has 0 aromatic rings. The number of hydrogen-bond donors (Lipinski definition) is 1.